The van der Waals surface area contributed by atoms with Gasteiger partial charge in [0.2, 0.25) is 0 Å². The van der Waals surface area contributed by atoms with Crippen molar-refractivity contribution in [1.82, 2.24) is 15.6 Å². The van der Waals surface area contributed by atoms with Gasteiger partial charge in [0.1, 0.15) is 0 Å². The first-order chi connectivity index (χ1) is 13.3. The molecule has 1 aromatic heterocycles. The number of hydrogen-bond donors (Lipinski definition) is 2. The molecule has 0 saturated carbocycles. The van der Waals surface area contributed by atoms with Crippen LogP contribution in [0.5, 0.6) is 0 Å². The highest BCUT2D eigenvalue weighted by molar-refractivity contribution is 5.79. The van der Waals surface area contributed by atoms with Crippen LogP contribution < -0.4 is 10.6 Å². The normalized spacial score (nSPS) is 20.3. The van der Waals surface area contributed by atoms with Crippen LogP contribution in [0.4, 0.5) is 0 Å². The number of aromatic nitrogens is 1. The van der Waals surface area contributed by atoms with Crippen LogP contribution in [0, 0.1) is 12.8 Å². The van der Waals surface area contributed by atoms with Gasteiger partial charge in [-0.15, -0.1) is 0 Å². The van der Waals surface area contributed by atoms with Crippen LogP contribution in [0.15, 0.2) is 53.7 Å². The van der Waals surface area contributed by atoms with E-state index in [0.29, 0.717) is 12.5 Å². The fraction of sp³-hybridized carbons (Fsp3) is 0.455. The number of benzene rings is 1. The van der Waals surface area contributed by atoms with Gasteiger partial charge in [0.25, 0.3) is 0 Å². The zero-order chi connectivity index (χ0) is 18.9. The minimum atomic E-state index is 0.144. The molecule has 1 fully saturated rings. The number of aliphatic imine (C=N–C) groups is 1. The van der Waals surface area contributed by atoms with E-state index in [1.807, 2.05) is 18.2 Å². The van der Waals surface area contributed by atoms with Crippen molar-refractivity contribution >= 4 is 5.96 Å². The summed E-state index contributed by atoms with van der Waals surface area (Å²) < 4.78 is 6.13. The quantitative estimate of drug-likeness (QED) is 0.606. The first-order valence-electron chi connectivity index (χ1n) is 9.86. The third-order valence-corrected chi connectivity index (χ3v) is 4.85. The number of hydrogen-bond acceptors (Lipinski definition) is 3. The maximum atomic E-state index is 6.13. The van der Waals surface area contributed by atoms with Crippen molar-refractivity contribution < 1.29 is 4.74 Å². The Morgan fingerprint density at radius 1 is 1.19 bits per heavy atom. The van der Waals surface area contributed by atoms with Gasteiger partial charge >= 0.3 is 0 Å². The highest BCUT2D eigenvalue weighted by Gasteiger charge is 2.27. The minimum absolute atomic E-state index is 0.144. The molecule has 27 heavy (non-hydrogen) atoms. The third kappa shape index (κ3) is 5.79. The number of ether oxygens (including phenoxy) is 1. The second-order valence-electron chi connectivity index (χ2n) is 7.00. The van der Waals surface area contributed by atoms with Crippen LogP contribution in [0.3, 0.4) is 0 Å². The molecule has 1 aliphatic heterocycles. The minimum Gasteiger partial charge on any atom is -0.373 e. The fourth-order valence-electron chi connectivity index (χ4n) is 3.40. The molecule has 1 saturated heterocycles. The van der Waals surface area contributed by atoms with Crippen molar-refractivity contribution in [1.29, 1.82) is 0 Å². The third-order valence-electron chi connectivity index (χ3n) is 4.85. The standard InChI is InChI=1S/C22H30N4O/c1-3-23-22(26-16-20-8-4-5-13-24-20)25-15-19-7-6-14-27-21(19)18-11-9-17(2)10-12-18/h4-5,8-13,19,21H,3,6-7,14-16H2,1-2H3,(H2,23,25,26). The average molecular weight is 367 g/mol. The number of aryl methyl sites for hydroxylation is 1. The highest BCUT2D eigenvalue weighted by atomic mass is 16.5. The van der Waals surface area contributed by atoms with Gasteiger partial charge < -0.3 is 15.4 Å². The Hall–Kier alpha value is -2.40. The molecule has 5 heteroatoms. The van der Waals surface area contributed by atoms with E-state index in [1.54, 1.807) is 6.20 Å². The van der Waals surface area contributed by atoms with Crippen molar-refractivity contribution in [3.63, 3.8) is 0 Å². The SMILES string of the molecule is CCNC(=NCc1ccccn1)NCC1CCCOC1c1ccc(C)cc1. The number of pyridine rings is 1. The molecule has 0 aliphatic carbocycles. The largest absolute Gasteiger partial charge is 0.373 e. The van der Waals surface area contributed by atoms with Gasteiger partial charge in [-0.25, -0.2) is 4.99 Å². The summed E-state index contributed by atoms with van der Waals surface area (Å²) in [5, 5.41) is 6.83. The monoisotopic (exact) mass is 366 g/mol. The Labute approximate surface area is 162 Å². The van der Waals surface area contributed by atoms with Crippen molar-refractivity contribution in [3.8, 4) is 0 Å². The van der Waals surface area contributed by atoms with Crippen molar-refractivity contribution in [2.45, 2.75) is 39.3 Å². The lowest BCUT2D eigenvalue weighted by Crippen LogP contribution is -2.42. The van der Waals surface area contributed by atoms with Gasteiger partial charge in [0.05, 0.1) is 18.3 Å². The first kappa shape index (κ1) is 19.4. The zero-order valence-electron chi connectivity index (χ0n) is 16.3. The molecule has 2 N–H and O–H groups in total. The van der Waals surface area contributed by atoms with Crippen molar-refractivity contribution in [2.24, 2.45) is 10.9 Å². The van der Waals surface area contributed by atoms with E-state index in [-0.39, 0.29) is 6.10 Å². The maximum absolute atomic E-state index is 6.13. The molecular weight excluding hydrogens is 336 g/mol. The summed E-state index contributed by atoms with van der Waals surface area (Å²) in [4.78, 5) is 9.01. The molecule has 2 atom stereocenters. The van der Waals surface area contributed by atoms with Gasteiger partial charge in [0, 0.05) is 31.8 Å². The summed E-state index contributed by atoms with van der Waals surface area (Å²) in [5.74, 6) is 1.26. The van der Waals surface area contributed by atoms with E-state index < -0.39 is 0 Å². The molecule has 144 valence electrons. The Balaban J connectivity index is 1.62. The average Bonchev–Trinajstić information content (AvgIpc) is 2.72. The van der Waals surface area contributed by atoms with E-state index in [4.69, 9.17) is 4.74 Å². The van der Waals surface area contributed by atoms with Crippen LogP contribution in [-0.4, -0.2) is 30.6 Å². The number of nitrogens with zero attached hydrogens (tertiary/aromatic N) is 2. The van der Waals surface area contributed by atoms with E-state index in [9.17, 15) is 0 Å². The molecule has 5 nitrogen and oxygen atoms in total. The summed E-state index contributed by atoms with van der Waals surface area (Å²) in [6.45, 7) is 7.27. The summed E-state index contributed by atoms with van der Waals surface area (Å²) in [6.07, 6.45) is 4.21. The van der Waals surface area contributed by atoms with Crippen molar-refractivity contribution in [3.05, 3.63) is 65.5 Å². The molecule has 2 heterocycles. The molecule has 3 rings (SSSR count). The molecule has 2 unspecified atom stereocenters. The lowest BCUT2D eigenvalue weighted by Gasteiger charge is -2.32. The fourth-order valence-corrected chi connectivity index (χ4v) is 3.40. The molecule has 0 bridgehead atoms. The van der Waals surface area contributed by atoms with E-state index in [2.05, 4.69) is 58.7 Å². The Morgan fingerprint density at radius 2 is 2.04 bits per heavy atom. The second kappa shape index (κ2) is 10.1. The maximum Gasteiger partial charge on any atom is 0.191 e. The summed E-state index contributed by atoms with van der Waals surface area (Å²) in [7, 11) is 0. The Morgan fingerprint density at radius 3 is 2.78 bits per heavy atom. The van der Waals surface area contributed by atoms with Crippen LogP contribution in [0.1, 0.15) is 42.7 Å². The van der Waals surface area contributed by atoms with Gasteiger partial charge in [0.15, 0.2) is 5.96 Å². The van der Waals surface area contributed by atoms with Gasteiger partial charge in [-0.05, 0) is 44.4 Å². The van der Waals surface area contributed by atoms with Gasteiger partial charge in [-0.2, -0.15) is 0 Å². The van der Waals surface area contributed by atoms with Crippen molar-refractivity contribution in [2.75, 3.05) is 19.7 Å². The second-order valence-corrected chi connectivity index (χ2v) is 7.00. The summed E-state index contributed by atoms with van der Waals surface area (Å²) in [6, 6.07) is 14.6. The number of nitrogens with one attached hydrogen (secondary N) is 2. The molecule has 1 aliphatic rings. The molecule has 0 radical (unpaired) electrons. The van der Waals surface area contributed by atoms with Crippen LogP contribution in [-0.2, 0) is 11.3 Å². The Kier molecular flexibility index (Phi) is 7.22. The highest BCUT2D eigenvalue weighted by Crippen LogP contribution is 2.33. The number of guanidine groups is 1. The summed E-state index contributed by atoms with van der Waals surface area (Å²) in [5.41, 5.74) is 3.51. The molecule has 1 aromatic carbocycles. The lowest BCUT2D eigenvalue weighted by atomic mass is 9.89. The predicted octanol–water partition coefficient (Wildman–Crippen LogP) is 3.61. The van der Waals surface area contributed by atoms with Crippen LogP contribution in [0.25, 0.3) is 0 Å². The predicted molar refractivity (Wildman–Crippen MR) is 110 cm³/mol. The summed E-state index contributed by atoms with van der Waals surface area (Å²) >= 11 is 0. The first-order valence-corrected chi connectivity index (χ1v) is 9.86. The van der Waals surface area contributed by atoms with Gasteiger partial charge in [-0.3, -0.25) is 4.98 Å². The smallest absolute Gasteiger partial charge is 0.191 e. The topological polar surface area (TPSA) is 58.5 Å². The number of rotatable bonds is 6. The molecular formula is C22H30N4O. The van der Waals surface area contributed by atoms with Crippen LogP contribution in [0.2, 0.25) is 0 Å². The lowest BCUT2D eigenvalue weighted by molar-refractivity contribution is -0.0265. The molecule has 0 amide bonds. The molecule has 2 aromatic rings. The van der Waals surface area contributed by atoms with E-state index in [0.717, 1.165) is 44.2 Å². The zero-order valence-corrected chi connectivity index (χ0v) is 16.3. The Bertz CT molecular complexity index is 715. The van der Waals surface area contributed by atoms with Crippen LogP contribution >= 0.6 is 0 Å². The van der Waals surface area contributed by atoms with E-state index >= 15 is 0 Å². The van der Waals surface area contributed by atoms with E-state index in [1.165, 1.54) is 11.1 Å². The molecule has 0 spiro atoms. The van der Waals surface area contributed by atoms with Gasteiger partial charge in [-0.1, -0.05) is 35.9 Å².